The maximum Gasteiger partial charge on any atom is 0.231 e. The first-order valence-electron chi connectivity index (χ1n) is 5.09. The lowest BCUT2D eigenvalue weighted by Crippen LogP contribution is -1.94. The summed E-state index contributed by atoms with van der Waals surface area (Å²) in [4.78, 5) is 0. The number of nitrogen functional groups attached to an aromatic ring is 1. The Labute approximate surface area is 111 Å². The zero-order chi connectivity index (χ0) is 12.7. The third-order valence-electron chi connectivity index (χ3n) is 2.55. The molecule has 1 aliphatic rings. The normalized spacial score (nSPS) is 12.8. The van der Waals surface area contributed by atoms with Gasteiger partial charge in [-0.15, -0.1) is 0 Å². The van der Waals surface area contributed by atoms with Crippen molar-refractivity contribution in [2.24, 2.45) is 0 Å². The summed E-state index contributed by atoms with van der Waals surface area (Å²) in [6.07, 6.45) is 0. The van der Waals surface area contributed by atoms with Gasteiger partial charge in [0, 0.05) is 12.1 Å². The van der Waals surface area contributed by atoms with E-state index < -0.39 is 0 Å². The Morgan fingerprint density at radius 3 is 2.89 bits per heavy atom. The fourth-order valence-electron chi connectivity index (χ4n) is 1.82. The van der Waals surface area contributed by atoms with E-state index in [9.17, 15) is 0 Å². The molecule has 1 aromatic heterocycles. The third-order valence-corrected chi connectivity index (χ3v) is 3.14. The van der Waals surface area contributed by atoms with Crippen molar-refractivity contribution in [2.75, 3.05) is 19.6 Å². The highest BCUT2D eigenvalue weighted by Crippen LogP contribution is 2.50. The average Bonchev–Trinajstić information content (AvgIpc) is 2.95. The van der Waals surface area contributed by atoms with Crippen LogP contribution < -0.4 is 19.9 Å². The molecule has 0 aliphatic carbocycles. The van der Waals surface area contributed by atoms with Gasteiger partial charge in [0.25, 0.3) is 0 Å². The predicted octanol–water partition coefficient (Wildman–Crippen LogP) is 2.42. The van der Waals surface area contributed by atoms with Crippen LogP contribution in [0.3, 0.4) is 0 Å². The summed E-state index contributed by atoms with van der Waals surface area (Å²) < 4.78 is 22.0. The Bertz CT molecular complexity index is 608. The fraction of sp³-hybridized carbons (Fsp3) is 0.182. The second kappa shape index (κ2) is 4.09. The van der Waals surface area contributed by atoms with Crippen molar-refractivity contribution in [3.63, 3.8) is 0 Å². The lowest BCUT2D eigenvalue weighted by Gasteiger charge is -2.10. The van der Waals surface area contributed by atoms with Crippen LogP contribution in [-0.4, -0.2) is 19.1 Å². The topological polar surface area (TPSA) is 79.7 Å². The van der Waals surface area contributed by atoms with E-state index in [0.29, 0.717) is 34.4 Å². The van der Waals surface area contributed by atoms with Gasteiger partial charge in [0.2, 0.25) is 6.79 Å². The SMILES string of the molecule is COc1c(Br)cc2c(c1-c1cc(N)no1)OCO2. The monoisotopic (exact) mass is 312 g/mol. The van der Waals surface area contributed by atoms with Gasteiger partial charge < -0.3 is 24.5 Å². The van der Waals surface area contributed by atoms with Crippen LogP contribution in [0.2, 0.25) is 0 Å². The van der Waals surface area contributed by atoms with Crippen molar-refractivity contribution in [3.05, 3.63) is 16.6 Å². The van der Waals surface area contributed by atoms with Gasteiger partial charge in [0.1, 0.15) is 11.3 Å². The summed E-state index contributed by atoms with van der Waals surface area (Å²) in [5.41, 5.74) is 6.19. The molecule has 0 saturated carbocycles. The molecule has 1 aromatic carbocycles. The smallest absolute Gasteiger partial charge is 0.231 e. The summed E-state index contributed by atoms with van der Waals surface area (Å²) in [6, 6.07) is 3.39. The molecular weight excluding hydrogens is 304 g/mol. The second-order valence-corrected chi connectivity index (χ2v) is 4.47. The van der Waals surface area contributed by atoms with E-state index in [2.05, 4.69) is 21.1 Å². The maximum absolute atomic E-state index is 5.56. The van der Waals surface area contributed by atoms with Crippen molar-refractivity contribution < 1.29 is 18.7 Å². The molecular formula is C11H9BrN2O4. The minimum absolute atomic E-state index is 0.158. The van der Waals surface area contributed by atoms with Gasteiger partial charge in [0.15, 0.2) is 23.1 Å². The Balaban J connectivity index is 2.29. The molecule has 2 heterocycles. The lowest BCUT2D eigenvalue weighted by molar-refractivity contribution is 0.174. The molecule has 0 bridgehead atoms. The summed E-state index contributed by atoms with van der Waals surface area (Å²) in [6.45, 7) is 0.158. The third kappa shape index (κ3) is 1.59. The summed E-state index contributed by atoms with van der Waals surface area (Å²) in [5, 5.41) is 3.66. The second-order valence-electron chi connectivity index (χ2n) is 3.62. The molecule has 94 valence electrons. The Morgan fingerprint density at radius 1 is 1.39 bits per heavy atom. The Kier molecular flexibility index (Phi) is 2.55. The number of ether oxygens (including phenoxy) is 3. The molecule has 6 nitrogen and oxygen atoms in total. The zero-order valence-electron chi connectivity index (χ0n) is 9.40. The molecule has 2 N–H and O–H groups in total. The van der Waals surface area contributed by atoms with Crippen molar-refractivity contribution in [1.29, 1.82) is 0 Å². The minimum atomic E-state index is 0.158. The number of aromatic nitrogens is 1. The molecule has 18 heavy (non-hydrogen) atoms. The Hall–Kier alpha value is -1.89. The molecule has 0 spiro atoms. The largest absolute Gasteiger partial charge is 0.495 e. The number of hydrogen-bond acceptors (Lipinski definition) is 6. The fourth-order valence-corrected chi connectivity index (χ4v) is 2.39. The highest BCUT2D eigenvalue weighted by Gasteiger charge is 2.27. The summed E-state index contributed by atoms with van der Waals surface area (Å²) >= 11 is 3.41. The quantitative estimate of drug-likeness (QED) is 0.917. The standard InChI is InChI=1S/C11H9BrN2O4/c1-15-10-5(12)2-7-11(17-4-16-7)9(10)6-3-8(13)14-18-6/h2-3H,4H2,1H3,(H2,13,14). The van der Waals surface area contributed by atoms with Gasteiger partial charge in [-0.05, 0) is 15.9 Å². The molecule has 0 fully saturated rings. The first-order valence-corrected chi connectivity index (χ1v) is 5.88. The van der Waals surface area contributed by atoms with E-state index in [0.717, 1.165) is 4.47 Å². The van der Waals surface area contributed by atoms with Gasteiger partial charge in [-0.2, -0.15) is 0 Å². The summed E-state index contributed by atoms with van der Waals surface area (Å²) in [5.74, 6) is 2.52. The van der Waals surface area contributed by atoms with E-state index in [1.165, 1.54) is 0 Å². The van der Waals surface area contributed by atoms with Crippen LogP contribution in [0.4, 0.5) is 5.82 Å². The molecule has 0 saturated heterocycles. The number of fused-ring (bicyclic) bond motifs is 1. The van der Waals surface area contributed by atoms with E-state index in [1.807, 2.05) is 0 Å². The number of anilines is 1. The van der Waals surface area contributed by atoms with Gasteiger partial charge in [-0.1, -0.05) is 5.16 Å². The van der Waals surface area contributed by atoms with Crippen LogP contribution in [0.25, 0.3) is 11.3 Å². The maximum atomic E-state index is 5.56. The van der Waals surface area contributed by atoms with Crippen LogP contribution in [-0.2, 0) is 0 Å². The number of methoxy groups -OCH3 is 1. The van der Waals surface area contributed by atoms with Crippen LogP contribution in [0.15, 0.2) is 21.1 Å². The summed E-state index contributed by atoms with van der Waals surface area (Å²) in [7, 11) is 1.56. The van der Waals surface area contributed by atoms with Crippen molar-refractivity contribution >= 4 is 21.7 Å². The molecule has 1 aliphatic heterocycles. The molecule has 0 radical (unpaired) electrons. The number of nitrogens with two attached hydrogens (primary N) is 1. The van der Waals surface area contributed by atoms with Gasteiger partial charge >= 0.3 is 0 Å². The van der Waals surface area contributed by atoms with Gasteiger partial charge in [-0.25, -0.2) is 0 Å². The van der Waals surface area contributed by atoms with E-state index >= 15 is 0 Å². The van der Waals surface area contributed by atoms with E-state index in [1.54, 1.807) is 19.2 Å². The predicted molar refractivity (Wildman–Crippen MR) is 66.7 cm³/mol. The van der Waals surface area contributed by atoms with Crippen LogP contribution >= 0.6 is 15.9 Å². The first kappa shape index (κ1) is 11.2. The Morgan fingerprint density at radius 2 is 2.22 bits per heavy atom. The number of hydrogen-bond donors (Lipinski definition) is 1. The molecule has 3 rings (SSSR count). The molecule has 7 heteroatoms. The highest BCUT2D eigenvalue weighted by atomic mass is 79.9. The van der Waals surface area contributed by atoms with Crippen LogP contribution in [0.5, 0.6) is 17.2 Å². The van der Waals surface area contributed by atoms with Crippen LogP contribution in [0, 0.1) is 0 Å². The molecule has 0 amide bonds. The van der Waals surface area contributed by atoms with Crippen LogP contribution in [0.1, 0.15) is 0 Å². The lowest BCUT2D eigenvalue weighted by atomic mass is 10.1. The van der Waals surface area contributed by atoms with Gasteiger partial charge in [0.05, 0.1) is 11.6 Å². The van der Waals surface area contributed by atoms with Gasteiger partial charge in [-0.3, -0.25) is 0 Å². The first-order chi connectivity index (χ1) is 8.70. The number of halogens is 1. The molecule has 2 aromatic rings. The average molecular weight is 313 g/mol. The number of nitrogens with zero attached hydrogens (tertiary/aromatic N) is 1. The van der Waals surface area contributed by atoms with Crippen molar-refractivity contribution in [2.45, 2.75) is 0 Å². The van der Waals surface area contributed by atoms with Crippen molar-refractivity contribution in [3.8, 4) is 28.6 Å². The highest BCUT2D eigenvalue weighted by molar-refractivity contribution is 9.10. The minimum Gasteiger partial charge on any atom is -0.495 e. The molecule has 0 atom stereocenters. The van der Waals surface area contributed by atoms with E-state index in [-0.39, 0.29) is 6.79 Å². The molecule has 0 unspecified atom stereocenters. The van der Waals surface area contributed by atoms with Crippen molar-refractivity contribution in [1.82, 2.24) is 5.16 Å². The number of rotatable bonds is 2. The zero-order valence-corrected chi connectivity index (χ0v) is 11.0. The van der Waals surface area contributed by atoms with E-state index in [4.69, 9.17) is 24.5 Å². The number of benzene rings is 1.